The van der Waals surface area contributed by atoms with Gasteiger partial charge in [-0.3, -0.25) is 0 Å². The first-order chi connectivity index (χ1) is 10.8. The molecule has 124 valence electrons. The highest BCUT2D eigenvalue weighted by Crippen LogP contribution is 2.20. The molecule has 0 amide bonds. The molecule has 2 aromatic rings. The van der Waals surface area contributed by atoms with Crippen LogP contribution in [0.15, 0.2) is 47.4 Å². The molecule has 0 aromatic heterocycles. The van der Waals surface area contributed by atoms with E-state index in [-0.39, 0.29) is 0 Å². The van der Waals surface area contributed by atoms with Gasteiger partial charge in [-0.15, -0.1) is 0 Å². The van der Waals surface area contributed by atoms with Crippen LogP contribution in [0.25, 0.3) is 0 Å². The topological polar surface area (TPSA) is 46.6 Å². The Hall–Kier alpha value is -1.85. The molecule has 0 saturated heterocycles. The Kier molecular flexibility index (Phi) is 5.44. The molecule has 0 spiro atoms. The van der Waals surface area contributed by atoms with Gasteiger partial charge in [-0.05, 0) is 55.7 Å². The van der Waals surface area contributed by atoms with Crippen LogP contribution in [0.2, 0.25) is 0 Å². The molecule has 2 aromatic carbocycles. The van der Waals surface area contributed by atoms with Crippen molar-refractivity contribution in [3.8, 4) is 5.75 Å². The number of sulfonamides is 1. The van der Waals surface area contributed by atoms with E-state index in [2.05, 4.69) is 0 Å². The summed E-state index contributed by atoms with van der Waals surface area (Å²) in [5.41, 5.74) is 2.79. The summed E-state index contributed by atoms with van der Waals surface area (Å²) in [7, 11) is -1.92. The predicted octanol–water partition coefficient (Wildman–Crippen LogP) is 3.31. The second-order valence-electron chi connectivity index (χ2n) is 5.76. The highest BCUT2D eigenvalue weighted by Gasteiger charge is 2.22. The first-order valence-corrected chi connectivity index (χ1v) is 8.98. The molecule has 0 heterocycles. The van der Waals surface area contributed by atoms with Crippen LogP contribution in [0.5, 0.6) is 5.75 Å². The second-order valence-corrected chi connectivity index (χ2v) is 7.77. The number of rotatable bonds is 6. The van der Waals surface area contributed by atoms with Gasteiger partial charge in [0, 0.05) is 13.6 Å². The Labute approximate surface area is 138 Å². The monoisotopic (exact) mass is 333 g/mol. The lowest BCUT2D eigenvalue weighted by atomic mass is 10.2. The van der Waals surface area contributed by atoms with Gasteiger partial charge in [0.05, 0.1) is 4.90 Å². The van der Waals surface area contributed by atoms with Crippen LogP contribution in [0, 0.1) is 20.8 Å². The van der Waals surface area contributed by atoms with Gasteiger partial charge >= 0.3 is 0 Å². The van der Waals surface area contributed by atoms with E-state index in [1.807, 2.05) is 57.2 Å². The first kappa shape index (κ1) is 17.5. The summed E-state index contributed by atoms with van der Waals surface area (Å²) in [4.78, 5) is 0.357. The van der Waals surface area contributed by atoms with Crippen molar-refractivity contribution < 1.29 is 13.2 Å². The van der Waals surface area contributed by atoms with Gasteiger partial charge in [0.1, 0.15) is 12.4 Å². The minimum Gasteiger partial charge on any atom is -0.492 e. The minimum atomic E-state index is -3.50. The van der Waals surface area contributed by atoms with Gasteiger partial charge < -0.3 is 4.74 Å². The summed E-state index contributed by atoms with van der Waals surface area (Å²) >= 11 is 0. The maximum atomic E-state index is 12.7. The summed E-state index contributed by atoms with van der Waals surface area (Å²) in [5.74, 6) is 0.752. The number of likely N-dealkylation sites (N-methyl/N-ethyl adjacent to an activating group) is 1. The molecule has 0 N–H and O–H groups in total. The summed E-state index contributed by atoms with van der Waals surface area (Å²) in [6.45, 7) is 6.29. The average Bonchev–Trinajstić information content (AvgIpc) is 2.49. The summed E-state index contributed by atoms with van der Waals surface area (Å²) in [5, 5.41) is 0. The van der Waals surface area contributed by atoms with Crippen LogP contribution >= 0.6 is 0 Å². The molecule has 0 aliphatic rings. The Morgan fingerprint density at radius 1 is 1.00 bits per heavy atom. The molecule has 0 saturated carbocycles. The number of aryl methyl sites for hydroxylation is 3. The van der Waals surface area contributed by atoms with Crippen molar-refractivity contribution in [2.24, 2.45) is 0 Å². The van der Waals surface area contributed by atoms with E-state index < -0.39 is 10.0 Å². The lowest BCUT2D eigenvalue weighted by Gasteiger charge is -2.19. The molecule has 0 radical (unpaired) electrons. The van der Waals surface area contributed by atoms with Gasteiger partial charge in [-0.25, -0.2) is 8.42 Å². The van der Waals surface area contributed by atoms with Crippen LogP contribution in [0.1, 0.15) is 16.7 Å². The van der Waals surface area contributed by atoms with E-state index in [0.717, 1.165) is 22.4 Å². The molecule has 23 heavy (non-hydrogen) atoms. The molecule has 0 unspecified atom stereocenters. The summed E-state index contributed by atoms with van der Waals surface area (Å²) in [6.07, 6.45) is 0. The number of hydrogen-bond acceptors (Lipinski definition) is 3. The van der Waals surface area contributed by atoms with Gasteiger partial charge in [-0.1, -0.05) is 24.3 Å². The standard InChI is InChI=1S/C18H23NO3S/c1-14-6-5-7-17(12-14)22-11-10-19(4)23(20,21)18-13-15(2)8-9-16(18)3/h5-9,12-13H,10-11H2,1-4H3. The zero-order valence-electron chi connectivity index (χ0n) is 14.0. The lowest BCUT2D eigenvalue weighted by molar-refractivity contribution is 0.286. The molecule has 2 rings (SSSR count). The summed E-state index contributed by atoms with van der Waals surface area (Å²) < 4.78 is 32.3. The van der Waals surface area contributed by atoms with Crippen molar-refractivity contribution in [3.63, 3.8) is 0 Å². The molecule has 0 aliphatic carbocycles. The Balaban J connectivity index is 2.04. The SMILES string of the molecule is Cc1cccc(OCCN(C)S(=O)(=O)c2cc(C)ccc2C)c1. The molecule has 0 fully saturated rings. The zero-order valence-corrected chi connectivity index (χ0v) is 14.9. The quantitative estimate of drug-likeness (QED) is 0.815. The molecule has 5 heteroatoms. The van der Waals surface area contributed by atoms with Gasteiger partial charge in [-0.2, -0.15) is 4.31 Å². The number of benzene rings is 2. The fourth-order valence-electron chi connectivity index (χ4n) is 2.27. The van der Waals surface area contributed by atoms with Crippen molar-refractivity contribution >= 4 is 10.0 Å². The fourth-order valence-corrected chi connectivity index (χ4v) is 3.73. The normalized spacial score (nSPS) is 11.7. The number of hydrogen-bond donors (Lipinski definition) is 0. The van der Waals surface area contributed by atoms with Gasteiger partial charge in [0.2, 0.25) is 10.0 Å². The molecular weight excluding hydrogens is 310 g/mol. The Morgan fingerprint density at radius 3 is 2.39 bits per heavy atom. The molecular formula is C18H23NO3S. The second kappa shape index (κ2) is 7.15. The molecule has 4 nitrogen and oxygen atoms in total. The highest BCUT2D eigenvalue weighted by atomic mass is 32.2. The van der Waals surface area contributed by atoms with Crippen molar-refractivity contribution in [1.82, 2.24) is 4.31 Å². The zero-order chi connectivity index (χ0) is 17.0. The van der Waals surface area contributed by atoms with E-state index in [1.54, 1.807) is 13.1 Å². The van der Waals surface area contributed by atoms with Crippen molar-refractivity contribution in [3.05, 3.63) is 59.2 Å². The smallest absolute Gasteiger partial charge is 0.243 e. The third-order valence-corrected chi connectivity index (χ3v) is 5.70. The van der Waals surface area contributed by atoms with Crippen LogP contribution in [-0.2, 0) is 10.0 Å². The maximum Gasteiger partial charge on any atom is 0.243 e. The van der Waals surface area contributed by atoms with Crippen LogP contribution < -0.4 is 4.74 Å². The molecule has 0 bridgehead atoms. The highest BCUT2D eigenvalue weighted by molar-refractivity contribution is 7.89. The Morgan fingerprint density at radius 2 is 1.70 bits per heavy atom. The van der Waals surface area contributed by atoms with E-state index in [4.69, 9.17) is 4.74 Å². The van der Waals surface area contributed by atoms with Crippen LogP contribution in [0.3, 0.4) is 0 Å². The van der Waals surface area contributed by atoms with Crippen molar-refractivity contribution in [1.29, 1.82) is 0 Å². The fraction of sp³-hybridized carbons (Fsp3) is 0.333. The van der Waals surface area contributed by atoms with E-state index in [1.165, 1.54) is 4.31 Å². The van der Waals surface area contributed by atoms with E-state index in [0.29, 0.717) is 18.0 Å². The van der Waals surface area contributed by atoms with Gasteiger partial charge in [0.15, 0.2) is 0 Å². The van der Waals surface area contributed by atoms with E-state index in [9.17, 15) is 8.42 Å². The Bertz CT molecular complexity index is 785. The van der Waals surface area contributed by atoms with Crippen molar-refractivity contribution in [2.75, 3.05) is 20.2 Å². The van der Waals surface area contributed by atoms with Crippen LogP contribution in [0.4, 0.5) is 0 Å². The third kappa shape index (κ3) is 4.33. The molecule has 0 aliphatic heterocycles. The molecule has 0 atom stereocenters. The number of nitrogens with zero attached hydrogens (tertiary/aromatic N) is 1. The maximum absolute atomic E-state index is 12.7. The number of ether oxygens (including phenoxy) is 1. The first-order valence-electron chi connectivity index (χ1n) is 7.54. The van der Waals surface area contributed by atoms with Gasteiger partial charge in [0.25, 0.3) is 0 Å². The van der Waals surface area contributed by atoms with E-state index >= 15 is 0 Å². The van der Waals surface area contributed by atoms with Crippen molar-refractivity contribution in [2.45, 2.75) is 25.7 Å². The third-order valence-electron chi connectivity index (χ3n) is 3.70. The predicted molar refractivity (Wildman–Crippen MR) is 92.4 cm³/mol. The minimum absolute atomic E-state index is 0.295. The average molecular weight is 333 g/mol. The lowest BCUT2D eigenvalue weighted by Crippen LogP contribution is -2.31. The largest absolute Gasteiger partial charge is 0.492 e. The van der Waals surface area contributed by atoms with Crippen LogP contribution in [-0.4, -0.2) is 32.9 Å². The summed E-state index contributed by atoms with van der Waals surface area (Å²) in [6, 6.07) is 13.2.